The normalized spacial score (nSPS) is 18.9. The van der Waals surface area contributed by atoms with Crippen molar-refractivity contribution < 1.29 is 0 Å². The third kappa shape index (κ3) is 4.82. The van der Waals surface area contributed by atoms with Crippen LogP contribution in [0.25, 0.3) is 5.57 Å². The molecule has 35 heavy (non-hydrogen) atoms. The van der Waals surface area contributed by atoms with Gasteiger partial charge in [-0.1, -0.05) is 93.8 Å². The predicted molar refractivity (Wildman–Crippen MR) is 154 cm³/mol. The fourth-order valence-corrected chi connectivity index (χ4v) is 5.43. The number of anilines is 1. The zero-order chi connectivity index (χ0) is 25.0. The Labute approximate surface area is 211 Å². The van der Waals surface area contributed by atoms with E-state index in [0.717, 1.165) is 36.1 Å². The highest BCUT2D eigenvalue weighted by atomic mass is 15.2. The Kier molecular flexibility index (Phi) is 7.26. The van der Waals surface area contributed by atoms with Crippen LogP contribution in [-0.4, -0.2) is 0 Å². The van der Waals surface area contributed by atoms with Gasteiger partial charge in [-0.15, -0.1) is 0 Å². The van der Waals surface area contributed by atoms with Gasteiger partial charge in [-0.05, 0) is 84.4 Å². The molecule has 0 heterocycles. The van der Waals surface area contributed by atoms with Crippen molar-refractivity contribution in [3.05, 3.63) is 144 Å². The number of hydrogen-bond acceptors (Lipinski definition) is 1. The fraction of sp³-hybridized carbons (Fsp3) is 0.235. The van der Waals surface area contributed by atoms with E-state index in [9.17, 15) is 0 Å². The van der Waals surface area contributed by atoms with E-state index in [1.807, 2.05) is 25.2 Å². The van der Waals surface area contributed by atoms with Gasteiger partial charge in [0.1, 0.15) is 0 Å². The molecular weight excluding hydrogens is 422 g/mol. The Morgan fingerprint density at radius 3 is 2.71 bits per heavy atom. The Hall–Kier alpha value is -3.58. The van der Waals surface area contributed by atoms with E-state index in [4.69, 9.17) is 0 Å². The summed E-state index contributed by atoms with van der Waals surface area (Å²) >= 11 is 0. The minimum atomic E-state index is 0.00785. The predicted octanol–water partition coefficient (Wildman–Crippen LogP) is 9.44. The van der Waals surface area contributed by atoms with Crippen LogP contribution in [0, 0.1) is 0 Å². The first-order valence-electron chi connectivity index (χ1n) is 12.6. The molecule has 0 aliphatic heterocycles. The first kappa shape index (κ1) is 24.5. The molecule has 0 fully saturated rings. The van der Waals surface area contributed by atoms with Gasteiger partial charge in [0, 0.05) is 28.9 Å². The second-order valence-corrected chi connectivity index (χ2v) is 9.87. The number of hydrogen-bond donors (Lipinski definition) is 0. The molecule has 0 N–H and O–H groups in total. The van der Waals surface area contributed by atoms with Crippen LogP contribution < -0.4 is 4.90 Å². The standard InChI is InChI=1S/C34H37N/c1-7-15-27(16-8-2)25(3)23-26(4)35(28-17-11-9-10-12-18-28)29-21-22-31-30-19-13-14-20-32(30)34(5,6)33(31)24-29/h7-12,14-17,20-24H,1,3,13,18-19H2,2,4-6H3/b16-8-,26-23+,27-15+. The molecule has 0 unspecified atom stereocenters. The minimum Gasteiger partial charge on any atom is -0.318 e. The van der Waals surface area contributed by atoms with E-state index >= 15 is 0 Å². The van der Waals surface area contributed by atoms with Gasteiger partial charge in [0.2, 0.25) is 0 Å². The molecule has 0 spiro atoms. The van der Waals surface area contributed by atoms with Gasteiger partial charge in [0.15, 0.2) is 0 Å². The molecule has 1 nitrogen and oxygen atoms in total. The SMILES string of the molecule is C=C/C=C(\C=C/C)C(=C)/C=C(\C)N(C1=CC=CC=CC1)c1ccc2c(c1)C(C)(C)C1=C2CCC=C1. The summed E-state index contributed by atoms with van der Waals surface area (Å²) in [5.74, 6) is 0. The summed E-state index contributed by atoms with van der Waals surface area (Å²) < 4.78 is 0. The summed E-state index contributed by atoms with van der Waals surface area (Å²) in [5, 5.41) is 0. The number of benzene rings is 1. The number of allylic oxidation sites excluding steroid dienone is 17. The summed E-state index contributed by atoms with van der Waals surface area (Å²) in [6.45, 7) is 17.2. The Morgan fingerprint density at radius 1 is 1.11 bits per heavy atom. The van der Waals surface area contributed by atoms with Gasteiger partial charge in [-0.2, -0.15) is 0 Å². The molecule has 0 aromatic heterocycles. The second kappa shape index (κ2) is 10.4. The molecule has 0 saturated carbocycles. The quantitative estimate of drug-likeness (QED) is 0.367. The molecule has 0 atom stereocenters. The van der Waals surface area contributed by atoms with Crippen molar-refractivity contribution in [1.82, 2.24) is 0 Å². The number of fused-ring (bicyclic) bond motifs is 2. The summed E-state index contributed by atoms with van der Waals surface area (Å²) in [6.07, 6.45) is 28.7. The van der Waals surface area contributed by atoms with Gasteiger partial charge in [0.05, 0.1) is 0 Å². The molecule has 0 amide bonds. The molecule has 1 heteroatoms. The summed E-state index contributed by atoms with van der Waals surface area (Å²) in [5.41, 5.74) is 11.5. The van der Waals surface area contributed by atoms with E-state index in [1.54, 1.807) is 0 Å². The van der Waals surface area contributed by atoms with Crippen LogP contribution in [0.5, 0.6) is 0 Å². The largest absolute Gasteiger partial charge is 0.318 e. The summed E-state index contributed by atoms with van der Waals surface area (Å²) in [4.78, 5) is 2.38. The minimum absolute atomic E-state index is 0.00785. The van der Waals surface area contributed by atoms with Crippen molar-refractivity contribution in [2.45, 2.75) is 52.4 Å². The highest BCUT2D eigenvalue weighted by Crippen LogP contribution is 2.51. The molecule has 3 aliphatic carbocycles. The maximum Gasteiger partial charge on any atom is 0.0458 e. The van der Waals surface area contributed by atoms with Gasteiger partial charge >= 0.3 is 0 Å². The van der Waals surface area contributed by atoms with Gasteiger partial charge in [-0.3, -0.25) is 0 Å². The Bertz CT molecular complexity index is 1280. The van der Waals surface area contributed by atoms with Crippen LogP contribution in [0.1, 0.15) is 58.1 Å². The molecule has 4 rings (SSSR count). The van der Waals surface area contributed by atoms with Crippen molar-refractivity contribution in [2.24, 2.45) is 0 Å². The average Bonchev–Trinajstić information content (AvgIpc) is 3.00. The second-order valence-electron chi connectivity index (χ2n) is 9.87. The van der Waals surface area contributed by atoms with Crippen LogP contribution in [0.4, 0.5) is 5.69 Å². The van der Waals surface area contributed by atoms with Crippen LogP contribution in [0.2, 0.25) is 0 Å². The molecule has 0 radical (unpaired) electrons. The monoisotopic (exact) mass is 459 g/mol. The van der Waals surface area contributed by atoms with Crippen LogP contribution in [-0.2, 0) is 5.41 Å². The molecule has 3 aliphatic rings. The number of nitrogens with zero attached hydrogens (tertiary/aromatic N) is 1. The van der Waals surface area contributed by atoms with Crippen LogP contribution >= 0.6 is 0 Å². The highest BCUT2D eigenvalue weighted by molar-refractivity contribution is 5.85. The summed E-state index contributed by atoms with van der Waals surface area (Å²) in [7, 11) is 0. The van der Waals surface area contributed by atoms with Crippen molar-refractivity contribution in [3.63, 3.8) is 0 Å². The third-order valence-corrected chi connectivity index (χ3v) is 7.12. The van der Waals surface area contributed by atoms with Crippen molar-refractivity contribution in [1.29, 1.82) is 0 Å². The van der Waals surface area contributed by atoms with Crippen LogP contribution in [0.3, 0.4) is 0 Å². The van der Waals surface area contributed by atoms with Crippen LogP contribution in [0.15, 0.2) is 132 Å². The van der Waals surface area contributed by atoms with E-state index in [1.165, 1.54) is 33.7 Å². The first-order chi connectivity index (χ1) is 16.9. The summed E-state index contributed by atoms with van der Waals surface area (Å²) in [6, 6.07) is 7.04. The zero-order valence-electron chi connectivity index (χ0n) is 21.6. The lowest BCUT2D eigenvalue weighted by atomic mass is 9.80. The van der Waals surface area contributed by atoms with E-state index in [2.05, 4.69) is 112 Å². The van der Waals surface area contributed by atoms with E-state index < -0.39 is 0 Å². The third-order valence-electron chi connectivity index (χ3n) is 7.12. The van der Waals surface area contributed by atoms with Crippen molar-refractivity contribution >= 4 is 11.3 Å². The lowest BCUT2D eigenvalue weighted by molar-refractivity contribution is 0.651. The van der Waals surface area contributed by atoms with E-state index in [-0.39, 0.29) is 5.41 Å². The fourth-order valence-electron chi connectivity index (χ4n) is 5.43. The van der Waals surface area contributed by atoms with Gasteiger partial charge in [0.25, 0.3) is 0 Å². The maximum absolute atomic E-state index is 4.37. The highest BCUT2D eigenvalue weighted by Gasteiger charge is 2.37. The molecule has 178 valence electrons. The lowest BCUT2D eigenvalue weighted by Gasteiger charge is -2.30. The molecule has 0 bridgehead atoms. The molecule has 0 saturated heterocycles. The Balaban J connectivity index is 1.81. The first-order valence-corrected chi connectivity index (χ1v) is 12.6. The maximum atomic E-state index is 4.37. The molecule has 1 aromatic rings. The smallest absolute Gasteiger partial charge is 0.0458 e. The number of rotatable bonds is 7. The van der Waals surface area contributed by atoms with E-state index in [0.29, 0.717) is 0 Å². The van der Waals surface area contributed by atoms with Crippen molar-refractivity contribution in [2.75, 3.05) is 4.90 Å². The topological polar surface area (TPSA) is 3.24 Å². The lowest BCUT2D eigenvalue weighted by Crippen LogP contribution is -2.22. The van der Waals surface area contributed by atoms with Gasteiger partial charge in [-0.25, -0.2) is 0 Å². The van der Waals surface area contributed by atoms with Gasteiger partial charge < -0.3 is 4.90 Å². The molecular formula is C34H37N. The van der Waals surface area contributed by atoms with Crippen molar-refractivity contribution in [3.8, 4) is 0 Å². The Morgan fingerprint density at radius 2 is 1.94 bits per heavy atom. The zero-order valence-corrected chi connectivity index (χ0v) is 21.6. The molecule has 1 aromatic carbocycles. The average molecular weight is 460 g/mol.